The van der Waals surface area contributed by atoms with Crippen molar-refractivity contribution >= 4 is 44.9 Å². The molecular formula is C21H19ClFNO4S. The summed E-state index contributed by atoms with van der Waals surface area (Å²) in [6.07, 6.45) is 0. The number of thiophene rings is 1. The first-order chi connectivity index (χ1) is 13.9. The zero-order chi connectivity index (χ0) is 21.0. The van der Waals surface area contributed by atoms with E-state index in [9.17, 15) is 14.0 Å². The summed E-state index contributed by atoms with van der Waals surface area (Å²) >= 11 is 7.10. The lowest BCUT2D eigenvalue weighted by Crippen LogP contribution is -2.35. The van der Waals surface area contributed by atoms with Crippen LogP contribution in [0.3, 0.4) is 0 Å². The Labute approximate surface area is 176 Å². The van der Waals surface area contributed by atoms with E-state index in [0.29, 0.717) is 25.5 Å². The normalized spacial score (nSPS) is 10.9. The minimum absolute atomic E-state index is 0.0784. The van der Waals surface area contributed by atoms with Gasteiger partial charge in [-0.2, -0.15) is 0 Å². The summed E-state index contributed by atoms with van der Waals surface area (Å²) < 4.78 is 25.0. The summed E-state index contributed by atoms with van der Waals surface area (Å²) in [5, 5.41) is 0.939. The lowest BCUT2D eigenvalue weighted by molar-refractivity contribution is -0.141. The van der Waals surface area contributed by atoms with Crippen LogP contribution in [0.25, 0.3) is 10.1 Å². The Kier molecular flexibility index (Phi) is 6.84. The molecule has 0 atom stereocenters. The van der Waals surface area contributed by atoms with Crippen LogP contribution in [0.15, 0.2) is 42.5 Å². The number of carbonyl (C=O) groups excluding carboxylic acids is 2. The van der Waals surface area contributed by atoms with Crippen molar-refractivity contribution in [3.05, 3.63) is 69.3 Å². The van der Waals surface area contributed by atoms with E-state index in [0.717, 1.165) is 5.56 Å². The molecule has 2 aromatic carbocycles. The van der Waals surface area contributed by atoms with Crippen LogP contribution in [-0.2, 0) is 27.4 Å². The van der Waals surface area contributed by atoms with Crippen molar-refractivity contribution in [2.24, 2.45) is 0 Å². The molecule has 5 nitrogen and oxygen atoms in total. The molecule has 29 heavy (non-hydrogen) atoms. The Bertz CT molecular complexity index is 1040. The Hall–Kier alpha value is -2.48. The molecule has 1 heterocycles. The molecule has 0 saturated heterocycles. The van der Waals surface area contributed by atoms with Crippen molar-refractivity contribution in [2.75, 3.05) is 20.8 Å². The summed E-state index contributed by atoms with van der Waals surface area (Å²) in [4.78, 5) is 27.0. The second-order valence-corrected chi connectivity index (χ2v) is 7.81. The van der Waals surface area contributed by atoms with E-state index in [1.54, 1.807) is 36.4 Å². The highest BCUT2D eigenvalue weighted by molar-refractivity contribution is 7.21. The van der Waals surface area contributed by atoms with E-state index >= 15 is 0 Å². The summed E-state index contributed by atoms with van der Waals surface area (Å²) in [6, 6.07) is 11.7. The molecule has 0 fully saturated rings. The van der Waals surface area contributed by atoms with Gasteiger partial charge in [0.25, 0.3) is 5.91 Å². The van der Waals surface area contributed by atoms with Crippen LogP contribution in [0, 0.1) is 5.82 Å². The number of benzene rings is 2. The molecule has 0 aliphatic heterocycles. The molecule has 0 radical (unpaired) electrons. The Morgan fingerprint density at radius 2 is 1.86 bits per heavy atom. The minimum atomic E-state index is -0.548. The van der Waals surface area contributed by atoms with Gasteiger partial charge in [0, 0.05) is 34.3 Å². The van der Waals surface area contributed by atoms with Crippen molar-refractivity contribution in [3.8, 4) is 0 Å². The molecular weight excluding hydrogens is 417 g/mol. The van der Waals surface area contributed by atoms with Gasteiger partial charge in [-0.05, 0) is 29.8 Å². The maximum atomic E-state index is 14.4. The molecule has 0 saturated carbocycles. The smallest absolute Gasteiger partial charge is 0.325 e. The molecule has 3 aromatic rings. The van der Waals surface area contributed by atoms with Gasteiger partial charge in [0.2, 0.25) is 0 Å². The molecule has 1 amide bonds. The number of nitrogens with zero attached hydrogens (tertiary/aromatic N) is 1. The van der Waals surface area contributed by atoms with E-state index in [4.69, 9.17) is 21.1 Å². The molecule has 8 heteroatoms. The van der Waals surface area contributed by atoms with E-state index in [1.807, 2.05) is 0 Å². The molecule has 1 aromatic heterocycles. The fourth-order valence-corrected chi connectivity index (χ4v) is 4.31. The summed E-state index contributed by atoms with van der Waals surface area (Å²) in [5.41, 5.74) is 1.27. The van der Waals surface area contributed by atoms with Crippen LogP contribution in [0.1, 0.15) is 20.8 Å². The van der Waals surface area contributed by atoms with E-state index < -0.39 is 17.7 Å². The number of hydrogen-bond donors (Lipinski definition) is 0. The van der Waals surface area contributed by atoms with Gasteiger partial charge in [0.1, 0.15) is 12.4 Å². The highest BCUT2D eigenvalue weighted by Gasteiger charge is 2.26. The molecule has 0 aliphatic carbocycles. The van der Waals surface area contributed by atoms with Crippen molar-refractivity contribution in [2.45, 2.75) is 13.2 Å². The monoisotopic (exact) mass is 435 g/mol. The topological polar surface area (TPSA) is 55.8 Å². The first-order valence-corrected chi connectivity index (χ1v) is 9.93. The predicted octanol–water partition coefficient (Wildman–Crippen LogP) is 4.66. The third-order valence-electron chi connectivity index (χ3n) is 4.37. The van der Waals surface area contributed by atoms with E-state index in [-0.39, 0.29) is 19.7 Å². The van der Waals surface area contributed by atoms with E-state index in [1.165, 1.54) is 36.5 Å². The van der Waals surface area contributed by atoms with Crippen LogP contribution in [-0.4, -0.2) is 37.5 Å². The number of rotatable bonds is 7. The highest BCUT2D eigenvalue weighted by Crippen LogP contribution is 2.34. The van der Waals surface area contributed by atoms with Crippen molar-refractivity contribution in [3.63, 3.8) is 0 Å². The van der Waals surface area contributed by atoms with Crippen LogP contribution in [0.5, 0.6) is 0 Å². The molecule has 0 spiro atoms. The zero-order valence-corrected chi connectivity index (χ0v) is 17.5. The van der Waals surface area contributed by atoms with Gasteiger partial charge in [-0.15, -0.1) is 11.3 Å². The molecule has 0 N–H and O–H groups in total. The van der Waals surface area contributed by atoms with Gasteiger partial charge in [-0.1, -0.05) is 29.8 Å². The maximum absolute atomic E-state index is 14.4. The van der Waals surface area contributed by atoms with Crippen LogP contribution >= 0.6 is 22.9 Å². The average molecular weight is 436 g/mol. The SMILES string of the molecule is COCc1c(C(=O)N(CC(=O)OC)Cc2ccc(Cl)cc2)sc2cccc(F)c12. The summed E-state index contributed by atoms with van der Waals surface area (Å²) in [7, 11) is 2.75. The van der Waals surface area contributed by atoms with Gasteiger partial charge >= 0.3 is 5.97 Å². The first-order valence-electron chi connectivity index (χ1n) is 8.74. The molecule has 0 aliphatic rings. The predicted molar refractivity (Wildman–Crippen MR) is 111 cm³/mol. The van der Waals surface area contributed by atoms with Gasteiger partial charge < -0.3 is 14.4 Å². The van der Waals surface area contributed by atoms with Gasteiger partial charge in [-0.25, -0.2) is 4.39 Å². The lowest BCUT2D eigenvalue weighted by atomic mass is 10.1. The number of hydrogen-bond acceptors (Lipinski definition) is 5. The Morgan fingerprint density at radius 3 is 2.52 bits per heavy atom. The Morgan fingerprint density at radius 1 is 1.14 bits per heavy atom. The average Bonchev–Trinajstić information content (AvgIpc) is 3.08. The number of amides is 1. The van der Waals surface area contributed by atoms with Gasteiger partial charge in [0.15, 0.2) is 0 Å². The number of methoxy groups -OCH3 is 2. The second-order valence-electron chi connectivity index (χ2n) is 6.32. The standard InChI is InChI=1S/C21H19ClFNO4S/c1-27-12-15-19-16(23)4-3-5-17(19)29-20(15)21(26)24(11-18(25)28-2)10-13-6-8-14(22)9-7-13/h3-9H,10-12H2,1-2H3. The van der Waals surface area contributed by atoms with Crippen molar-refractivity contribution in [1.29, 1.82) is 0 Å². The first kappa shape index (κ1) is 21.2. The zero-order valence-electron chi connectivity index (χ0n) is 15.9. The molecule has 152 valence electrons. The summed E-state index contributed by atoms with van der Waals surface area (Å²) in [5.74, 6) is -1.35. The third kappa shape index (κ3) is 4.75. The minimum Gasteiger partial charge on any atom is -0.468 e. The fourth-order valence-electron chi connectivity index (χ4n) is 3.00. The van der Waals surface area contributed by atoms with Crippen LogP contribution in [0.4, 0.5) is 4.39 Å². The number of fused-ring (bicyclic) bond motifs is 1. The van der Waals surface area contributed by atoms with Crippen LogP contribution < -0.4 is 0 Å². The number of halogens is 2. The molecule has 0 unspecified atom stereocenters. The number of ether oxygens (including phenoxy) is 2. The fraction of sp³-hybridized carbons (Fsp3) is 0.238. The number of esters is 1. The number of carbonyl (C=O) groups is 2. The van der Waals surface area contributed by atoms with Gasteiger partial charge in [0.05, 0.1) is 18.6 Å². The van der Waals surface area contributed by atoms with E-state index in [2.05, 4.69) is 0 Å². The second kappa shape index (κ2) is 9.35. The third-order valence-corrected chi connectivity index (χ3v) is 5.80. The highest BCUT2D eigenvalue weighted by atomic mass is 35.5. The summed E-state index contributed by atoms with van der Waals surface area (Å²) in [6.45, 7) is 0.0182. The quantitative estimate of drug-likeness (QED) is 0.507. The molecule has 0 bridgehead atoms. The maximum Gasteiger partial charge on any atom is 0.325 e. The van der Waals surface area contributed by atoms with Gasteiger partial charge in [-0.3, -0.25) is 9.59 Å². The lowest BCUT2D eigenvalue weighted by Gasteiger charge is -2.21. The largest absolute Gasteiger partial charge is 0.468 e. The van der Waals surface area contributed by atoms with Crippen LogP contribution in [0.2, 0.25) is 5.02 Å². The molecule has 3 rings (SSSR count). The van der Waals surface area contributed by atoms with Crippen molar-refractivity contribution < 1.29 is 23.5 Å². The van der Waals surface area contributed by atoms with Crippen molar-refractivity contribution in [1.82, 2.24) is 4.90 Å². The Balaban J connectivity index is 2.02.